The lowest BCUT2D eigenvalue weighted by Gasteiger charge is -2.15. The lowest BCUT2D eigenvalue weighted by molar-refractivity contribution is -0.141. The molecule has 6 nitrogen and oxygen atoms in total. The molecule has 1 aromatic rings. The molecule has 0 aromatic heterocycles. The number of aromatic hydroxyl groups is 2. The average Bonchev–Trinajstić information content (AvgIpc) is 2.87. The van der Waals surface area contributed by atoms with Crippen LogP contribution in [0.15, 0.2) is 79.0 Å². The molecule has 0 spiro atoms. The van der Waals surface area contributed by atoms with E-state index >= 15 is 0 Å². The maximum atomic E-state index is 12.2. The Kier molecular flexibility index (Phi) is 17.6. The molecule has 0 unspecified atom stereocenters. The van der Waals surface area contributed by atoms with Gasteiger partial charge in [-0.25, -0.2) is 4.79 Å². The van der Waals surface area contributed by atoms with Crippen LogP contribution < -0.4 is 5.32 Å². The van der Waals surface area contributed by atoms with Crippen LogP contribution >= 0.6 is 0 Å². The number of carbonyl (C=O) groups excluding carboxylic acids is 1. The number of aliphatic carboxylic acids is 1. The number of rotatable bonds is 19. The first-order valence-corrected chi connectivity index (χ1v) is 13.2. The fraction of sp³-hybridized carbons (Fsp3) is 0.419. The Labute approximate surface area is 221 Å². The Balaban J connectivity index is 2.11. The number of hydrogen-bond acceptors (Lipinski definition) is 4. The Morgan fingerprint density at radius 2 is 1.35 bits per heavy atom. The molecule has 0 saturated heterocycles. The van der Waals surface area contributed by atoms with E-state index in [1.54, 1.807) is 0 Å². The van der Waals surface area contributed by atoms with Crippen molar-refractivity contribution in [2.45, 2.75) is 83.6 Å². The molecule has 0 aliphatic rings. The molecule has 37 heavy (non-hydrogen) atoms. The van der Waals surface area contributed by atoms with E-state index < -0.39 is 12.0 Å². The van der Waals surface area contributed by atoms with Crippen LogP contribution in [0.4, 0.5) is 0 Å². The quantitative estimate of drug-likeness (QED) is 0.0921. The zero-order valence-corrected chi connectivity index (χ0v) is 22.0. The van der Waals surface area contributed by atoms with Crippen LogP contribution in [0.1, 0.15) is 76.7 Å². The topological polar surface area (TPSA) is 107 Å². The van der Waals surface area contributed by atoms with Gasteiger partial charge in [-0.05, 0) is 69.1 Å². The molecule has 1 atom stereocenters. The van der Waals surface area contributed by atoms with E-state index in [-0.39, 0.29) is 30.2 Å². The van der Waals surface area contributed by atoms with Gasteiger partial charge in [-0.15, -0.1) is 0 Å². The fourth-order valence-electron chi connectivity index (χ4n) is 3.49. The maximum absolute atomic E-state index is 12.2. The summed E-state index contributed by atoms with van der Waals surface area (Å²) in [7, 11) is 0. The number of carbonyl (C=O) groups is 2. The summed E-state index contributed by atoms with van der Waals surface area (Å²) >= 11 is 0. The van der Waals surface area contributed by atoms with Gasteiger partial charge in [0, 0.05) is 12.8 Å². The number of hydrogen-bond donors (Lipinski definition) is 4. The lowest BCUT2D eigenvalue weighted by Crippen LogP contribution is -2.42. The zero-order valence-electron chi connectivity index (χ0n) is 22.0. The summed E-state index contributed by atoms with van der Waals surface area (Å²) in [4.78, 5) is 23.7. The van der Waals surface area contributed by atoms with Gasteiger partial charge in [-0.3, -0.25) is 4.79 Å². The predicted molar refractivity (Wildman–Crippen MR) is 151 cm³/mol. The molecular weight excluding hydrogens is 466 g/mol. The molecule has 0 bridgehead atoms. The van der Waals surface area contributed by atoms with Crippen molar-refractivity contribution in [1.29, 1.82) is 0 Å². The van der Waals surface area contributed by atoms with Crippen LogP contribution in [-0.2, 0) is 16.0 Å². The van der Waals surface area contributed by atoms with E-state index in [0.717, 1.165) is 51.4 Å². The smallest absolute Gasteiger partial charge is 0.326 e. The summed E-state index contributed by atoms with van der Waals surface area (Å²) in [5, 5.41) is 30.9. The van der Waals surface area contributed by atoms with Crippen LogP contribution in [0.2, 0.25) is 0 Å². The summed E-state index contributed by atoms with van der Waals surface area (Å²) < 4.78 is 0. The number of benzene rings is 1. The van der Waals surface area contributed by atoms with Gasteiger partial charge in [0.2, 0.25) is 5.91 Å². The first-order valence-electron chi connectivity index (χ1n) is 13.2. The number of amides is 1. The summed E-state index contributed by atoms with van der Waals surface area (Å²) in [6.45, 7) is 2.14. The molecule has 202 valence electrons. The van der Waals surface area contributed by atoms with Crippen molar-refractivity contribution < 1.29 is 24.9 Å². The fourth-order valence-corrected chi connectivity index (χ4v) is 3.49. The summed E-state index contributed by atoms with van der Waals surface area (Å²) in [6.07, 6.45) is 30.5. The minimum Gasteiger partial charge on any atom is -0.504 e. The lowest BCUT2D eigenvalue weighted by atomic mass is 10.0. The van der Waals surface area contributed by atoms with Gasteiger partial charge in [0.25, 0.3) is 0 Å². The van der Waals surface area contributed by atoms with Gasteiger partial charge in [0.15, 0.2) is 11.5 Å². The van der Waals surface area contributed by atoms with Crippen LogP contribution in [-0.4, -0.2) is 33.2 Å². The van der Waals surface area contributed by atoms with Gasteiger partial charge in [0.1, 0.15) is 6.04 Å². The third kappa shape index (κ3) is 16.7. The summed E-state index contributed by atoms with van der Waals surface area (Å²) in [5.74, 6) is -2.03. The highest BCUT2D eigenvalue weighted by molar-refractivity contribution is 5.83. The Morgan fingerprint density at radius 1 is 0.784 bits per heavy atom. The second-order valence-electron chi connectivity index (χ2n) is 8.79. The minimum atomic E-state index is -1.14. The second-order valence-corrected chi connectivity index (χ2v) is 8.79. The van der Waals surface area contributed by atoms with Crippen LogP contribution in [0.5, 0.6) is 11.5 Å². The van der Waals surface area contributed by atoms with Crippen LogP contribution in [0, 0.1) is 0 Å². The van der Waals surface area contributed by atoms with Crippen molar-refractivity contribution in [3.63, 3.8) is 0 Å². The Hall–Kier alpha value is -3.54. The SMILES string of the molecule is CC/C=C\C/C=C\C/C=C\C/C=C\C/C=C\CCCCCC(=O)N[C@@H](Cc1ccc(O)c(O)c1)C(=O)O. The van der Waals surface area contributed by atoms with Gasteiger partial charge in [-0.1, -0.05) is 80.2 Å². The number of carboxylic acids is 1. The molecule has 4 N–H and O–H groups in total. The zero-order chi connectivity index (χ0) is 27.1. The summed E-state index contributed by atoms with van der Waals surface area (Å²) in [6, 6.07) is 3.03. The van der Waals surface area contributed by atoms with E-state index in [0.29, 0.717) is 12.0 Å². The molecule has 0 saturated carbocycles. The monoisotopic (exact) mass is 509 g/mol. The summed E-state index contributed by atoms with van der Waals surface area (Å²) in [5.41, 5.74) is 0.514. The van der Waals surface area contributed by atoms with Crippen molar-refractivity contribution in [2.75, 3.05) is 0 Å². The highest BCUT2D eigenvalue weighted by atomic mass is 16.4. The van der Waals surface area contributed by atoms with Crippen molar-refractivity contribution in [3.05, 3.63) is 84.5 Å². The number of allylic oxidation sites excluding steroid dienone is 10. The van der Waals surface area contributed by atoms with E-state index in [2.05, 4.69) is 73.0 Å². The highest BCUT2D eigenvalue weighted by Crippen LogP contribution is 2.25. The standard InChI is InChI=1S/C31H43NO5/c1-2-3-4-5-6-7-8-9-10-11-12-13-14-15-16-17-18-19-20-21-30(35)32-27(31(36)37)24-26-22-23-28(33)29(34)25-26/h3-4,6-7,9-10,12-13,15-16,22-23,25,27,33-34H,2,5,8,11,14,17-21,24H2,1H3,(H,32,35)(H,36,37)/b4-3-,7-6-,10-9-,13-12-,16-15-/t27-/m0/s1. The molecule has 0 fully saturated rings. The average molecular weight is 510 g/mol. The number of unbranched alkanes of at least 4 members (excludes halogenated alkanes) is 3. The predicted octanol–water partition coefficient (Wildman–Crippen LogP) is 6.91. The first-order chi connectivity index (χ1) is 17.9. The van der Waals surface area contributed by atoms with Gasteiger partial charge in [-0.2, -0.15) is 0 Å². The van der Waals surface area contributed by atoms with Gasteiger partial charge in [0.05, 0.1) is 0 Å². The Morgan fingerprint density at radius 3 is 1.89 bits per heavy atom. The number of carboxylic acid groups (broad SMARTS) is 1. The molecule has 6 heteroatoms. The molecule has 1 rings (SSSR count). The largest absolute Gasteiger partial charge is 0.504 e. The van der Waals surface area contributed by atoms with E-state index in [1.807, 2.05) is 0 Å². The molecule has 1 aromatic carbocycles. The molecule has 0 aliphatic carbocycles. The third-order valence-corrected chi connectivity index (χ3v) is 5.55. The van der Waals surface area contributed by atoms with E-state index in [1.165, 1.54) is 18.2 Å². The van der Waals surface area contributed by atoms with Gasteiger partial charge >= 0.3 is 5.97 Å². The van der Waals surface area contributed by atoms with Crippen LogP contribution in [0.3, 0.4) is 0 Å². The number of nitrogens with one attached hydrogen (secondary N) is 1. The maximum Gasteiger partial charge on any atom is 0.326 e. The van der Waals surface area contributed by atoms with Crippen molar-refractivity contribution in [2.24, 2.45) is 0 Å². The third-order valence-electron chi connectivity index (χ3n) is 5.55. The van der Waals surface area contributed by atoms with E-state index in [9.17, 15) is 24.9 Å². The van der Waals surface area contributed by atoms with Crippen molar-refractivity contribution in [3.8, 4) is 11.5 Å². The molecule has 1 amide bonds. The number of phenolic OH excluding ortho intramolecular Hbond substituents is 2. The van der Waals surface area contributed by atoms with E-state index in [4.69, 9.17) is 0 Å². The first kappa shape index (κ1) is 31.5. The minimum absolute atomic E-state index is 0.0268. The van der Waals surface area contributed by atoms with Gasteiger partial charge < -0.3 is 20.6 Å². The normalized spacial score (nSPS) is 13.0. The molecule has 0 aliphatic heterocycles. The van der Waals surface area contributed by atoms with Crippen molar-refractivity contribution in [1.82, 2.24) is 5.32 Å². The van der Waals surface area contributed by atoms with Crippen molar-refractivity contribution >= 4 is 11.9 Å². The Bertz CT molecular complexity index is 943. The second kappa shape index (κ2) is 20.6. The number of phenols is 2. The molecule has 0 heterocycles. The highest BCUT2D eigenvalue weighted by Gasteiger charge is 2.20. The molecular formula is C31H43NO5. The molecule has 0 radical (unpaired) electrons. The van der Waals surface area contributed by atoms with Crippen LogP contribution in [0.25, 0.3) is 0 Å².